The number of aliphatic hydroxyl groups is 1. The number of hydrogen-bond donors (Lipinski definition) is 1. The molecule has 0 saturated heterocycles. The molecule has 0 heterocycles. The maximum Gasteiger partial charge on any atom is 0.120 e. The van der Waals surface area contributed by atoms with Crippen LogP contribution in [0.1, 0.15) is 5.56 Å². The van der Waals surface area contributed by atoms with Gasteiger partial charge in [0.05, 0.1) is 6.61 Å². The van der Waals surface area contributed by atoms with Crippen LogP contribution in [0.3, 0.4) is 0 Å². The highest BCUT2D eigenvalue weighted by Crippen LogP contribution is 2.32. The molecular formula is C21H22O3. The SMILES string of the molecule is COCCOc1cccc(-c2ccc3ccccc3c2CCO)c1. The highest BCUT2D eigenvalue weighted by molar-refractivity contribution is 5.92. The van der Waals surface area contributed by atoms with Crippen LogP contribution in [0.15, 0.2) is 60.7 Å². The maximum absolute atomic E-state index is 9.51. The first-order valence-electron chi connectivity index (χ1n) is 8.17. The second-order valence-corrected chi connectivity index (χ2v) is 5.66. The van der Waals surface area contributed by atoms with Gasteiger partial charge in [-0.2, -0.15) is 0 Å². The van der Waals surface area contributed by atoms with Crippen molar-refractivity contribution >= 4 is 10.8 Å². The third-order valence-electron chi connectivity index (χ3n) is 4.10. The van der Waals surface area contributed by atoms with Crippen LogP contribution in [0.2, 0.25) is 0 Å². The van der Waals surface area contributed by atoms with Crippen molar-refractivity contribution in [1.29, 1.82) is 0 Å². The summed E-state index contributed by atoms with van der Waals surface area (Å²) in [4.78, 5) is 0. The monoisotopic (exact) mass is 322 g/mol. The van der Waals surface area contributed by atoms with E-state index in [1.165, 1.54) is 16.3 Å². The van der Waals surface area contributed by atoms with Crippen LogP contribution in [0.25, 0.3) is 21.9 Å². The summed E-state index contributed by atoms with van der Waals surface area (Å²) in [5.41, 5.74) is 3.41. The number of aliphatic hydroxyl groups excluding tert-OH is 1. The molecule has 0 bridgehead atoms. The van der Waals surface area contributed by atoms with Gasteiger partial charge in [-0.15, -0.1) is 0 Å². The minimum atomic E-state index is 0.130. The Morgan fingerprint density at radius 2 is 1.79 bits per heavy atom. The van der Waals surface area contributed by atoms with Crippen LogP contribution in [0.4, 0.5) is 0 Å². The molecule has 0 aromatic heterocycles. The van der Waals surface area contributed by atoms with E-state index in [2.05, 4.69) is 30.3 Å². The van der Waals surface area contributed by atoms with Gasteiger partial charge in [-0.25, -0.2) is 0 Å². The number of hydrogen-bond acceptors (Lipinski definition) is 3. The summed E-state index contributed by atoms with van der Waals surface area (Å²) in [5, 5.41) is 11.9. The van der Waals surface area contributed by atoms with Crippen LogP contribution < -0.4 is 4.74 Å². The maximum atomic E-state index is 9.51. The molecule has 3 rings (SSSR count). The number of methoxy groups -OCH3 is 1. The molecule has 0 atom stereocenters. The van der Waals surface area contributed by atoms with Gasteiger partial charge in [0.2, 0.25) is 0 Å². The van der Waals surface area contributed by atoms with Gasteiger partial charge in [-0.1, -0.05) is 48.5 Å². The van der Waals surface area contributed by atoms with Crippen LogP contribution >= 0.6 is 0 Å². The lowest BCUT2D eigenvalue weighted by Crippen LogP contribution is -2.04. The van der Waals surface area contributed by atoms with Crippen molar-refractivity contribution in [3.63, 3.8) is 0 Å². The van der Waals surface area contributed by atoms with Crippen molar-refractivity contribution in [3.8, 4) is 16.9 Å². The number of benzene rings is 3. The van der Waals surface area contributed by atoms with Crippen molar-refractivity contribution < 1.29 is 14.6 Å². The molecule has 0 aliphatic carbocycles. The predicted molar refractivity (Wildman–Crippen MR) is 97.5 cm³/mol. The lowest BCUT2D eigenvalue weighted by atomic mass is 9.92. The Morgan fingerprint density at radius 1 is 0.917 bits per heavy atom. The highest BCUT2D eigenvalue weighted by Gasteiger charge is 2.10. The summed E-state index contributed by atoms with van der Waals surface area (Å²) in [5.74, 6) is 0.827. The highest BCUT2D eigenvalue weighted by atomic mass is 16.5. The molecule has 0 fully saturated rings. The van der Waals surface area contributed by atoms with E-state index in [1.807, 2.05) is 30.3 Å². The topological polar surface area (TPSA) is 38.7 Å². The normalized spacial score (nSPS) is 10.9. The van der Waals surface area contributed by atoms with Gasteiger partial charge >= 0.3 is 0 Å². The van der Waals surface area contributed by atoms with Gasteiger partial charge in [-0.05, 0) is 46.0 Å². The molecule has 3 nitrogen and oxygen atoms in total. The van der Waals surface area contributed by atoms with E-state index >= 15 is 0 Å². The van der Waals surface area contributed by atoms with Crippen molar-refractivity contribution in [2.24, 2.45) is 0 Å². The summed E-state index contributed by atoms with van der Waals surface area (Å²) in [6.07, 6.45) is 0.630. The Kier molecular flexibility index (Phi) is 5.47. The fraction of sp³-hybridized carbons (Fsp3) is 0.238. The molecule has 3 aromatic rings. The molecule has 0 unspecified atom stereocenters. The minimum absolute atomic E-state index is 0.130. The second-order valence-electron chi connectivity index (χ2n) is 5.66. The lowest BCUT2D eigenvalue weighted by molar-refractivity contribution is 0.146. The number of ether oxygens (including phenoxy) is 2. The summed E-state index contributed by atoms with van der Waals surface area (Å²) in [6.45, 7) is 1.22. The van der Waals surface area contributed by atoms with Crippen LogP contribution in [0, 0.1) is 0 Å². The van der Waals surface area contributed by atoms with E-state index in [9.17, 15) is 5.11 Å². The van der Waals surface area contributed by atoms with Crippen LogP contribution in [-0.4, -0.2) is 32.0 Å². The first kappa shape index (κ1) is 16.5. The van der Waals surface area contributed by atoms with E-state index in [4.69, 9.17) is 9.47 Å². The summed E-state index contributed by atoms with van der Waals surface area (Å²) < 4.78 is 10.7. The third-order valence-corrected chi connectivity index (χ3v) is 4.10. The zero-order chi connectivity index (χ0) is 16.8. The molecule has 3 heteroatoms. The quantitative estimate of drug-likeness (QED) is 0.667. The second kappa shape index (κ2) is 7.95. The molecule has 24 heavy (non-hydrogen) atoms. The van der Waals surface area contributed by atoms with Crippen molar-refractivity contribution in [1.82, 2.24) is 0 Å². The third kappa shape index (κ3) is 3.58. The summed E-state index contributed by atoms with van der Waals surface area (Å²) >= 11 is 0. The Morgan fingerprint density at radius 3 is 2.62 bits per heavy atom. The molecule has 0 aliphatic rings. The Labute approximate surface area is 142 Å². The Hall–Kier alpha value is -2.36. The van der Waals surface area contributed by atoms with Gasteiger partial charge in [0.15, 0.2) is 0 Å². The largest absolute Gasteiger partial charge is 0.491 e. The zero-order valence-corrected chi connectivity index (χ0v) is 13.9. The smallest absolute Gasteiger partial charge is 0.120 e. The van der Waals surface area contributed by atoms with Crippen molar-refractivity contribution in [2.45, 2.75) is 6.42 Å². The fourth-order valence-corrected chi connectivity index (χ4v) is 2.98. The lowest BCUT2D eigenvalue weighted by Gasteiger charge is -2.14. The van der Waals surface area contributed by atoms with Gasteiger partial charge in [0.25, 0.3) is 0 Å². The Balaban J connectivity index is 2.02. The van der Waals surface area contributed by atoms with E-state index in [-0.39, 0.29) is 6.61 Å². The van der Waals surface area contributed by atoms with Gasteiger partial charge in [0, 0.05) is 13.7 Å². The molecular weight excluding hydrogens is 300 g/mol. The van der Waals surface area contributed by atoms with E-state index in [1.54, 1.807) is 7.11 Å². The van der Waals surface area contributed by atoms with Gasteiger partial charge in [-0.3, -0.25) is 0 Å². The first-order chi connectivity index (χ1) is 11.8. The molecule has 1 N–H and O–H groups in total. The number of rotatable bonds is 7. The molecule has 0 aliphatic heterocycles. The molecule has 0 radical (unpaired) electrons. The standard InChI is InChI=1S/C21H22O3/c1-23-13-14-24-18-7-4-6-17(15-18)20-10-9-16-5-2-3-8-19(16)21(20)11-12-22/h2-10,15,22H,11-14H2,1H3. The molecule has 3 aromatic carbocycles. The molecule has 0 saturated carbocycles. The average Bonchev–Trinajstić information content (AvgIpc) is 2.63. The predicted octanol–water partition coefficient (Wildman–Crippen LogP) is 4.07. The molecule has 0 spiro atoms. The minimum Gasteiger partial charge on any atom is -0.491 e. The van der Waals surface area contributed by atoms with E-state index in [0.29, 0.717) is 19.6 Å². The van der Waals surface area contributed by atoms with Crippen molar-refractivity contribution in [3.05, 3.63) is 66.2 Å². The number of fused-ring (bicyclic) bond motifs is 1. The van der Waals surface area contributed by atoms with Crippen molar-refractivity contribution in [2.75, 3.05) is 26.9 Å². The summed E-state index contributed by atoms with van der Waals surface area (Å²) in [7, 11) is 1.66. The van der Waals surface area contributed by atoms with Gasteiger partial charge < -0.3 is 14.6 Å². The van der Waals surface area contributed by atoms with E-state index in [0.717, 1.165) is 16.9 Å². The van der Waals surface area contributed by atoms with Crippen LogP contribution in [-0.2, 0) is 11.2 Å². The average molecular weight is 322 g/mol. The van der Waals surface area contributed by atoms with E-state index < -0.39 is 0 Å². The summed E-state index contributed by atoms with van der Waals surface area (Å²) in [6, 6.07) is 20.6. The Bertz CT molecular complexity index is 811. The molecule has 0 amide bonds. The first-order valence-corrected chi connectivity index (χ1v) is 8.17. The molecule has 124 valence electrons. The van der Waals surface area contributed by atoms with Gasteiger partial charge in [0.1, 0.15) is 12.4 Å². The van der Waals surface area contributed by atoms with Crippen LogP contribution in [0.5, 0.6) is 5.75 Å². The zero-order valence-electron chi connectivity index (χ0n) is 13.9. The fourth-order valence-electron chi connectivity index (χ4n) is 2.98.